The molecule has 40 heavy (non-hydrogen) atoms. The van der Waals surface area contributed by atoms with Crippen LogP contribution in [-0.4, -0.2) is 42.9 Å². The van der Waals surface area contributed by atoms with Gasteiger partial charge in [0.05, 0.1) is 12.2 Å². The molecule has 0 bridgehead atoms. The second-order valence-electron chi connectivity index (χ2n) is 10.6. The molecule has 3 aromatic carbocycles. The monoisotopic (exact) mass is 541 g/mol. The van der Waals surface area contributed by atoms with E-state index >= 15 is 0 Å². The molecule has 208 valence electrons. The van der Waals surface area contributed by atoms with Crippen LogP contribution >= 0.6 is 0 Å². The number of nitrogens with zero attached hydrogens (tertiary/aromatic N) is 2. The number of benzene rings is 3. The van der Waals surface area contributed by atoms with Crippen LogP contribution in [-0.2, 0) is 11.3 Å². The van der Waals surface area contributed by atoms with E-state index in [9.17, 15) is 14.0 Å². The molecular weight excluding hydrogens is 505 g/mol. The Morgan fingerprint density at radius 1 is 1.02 bits per heavy atom. The van der Waals surface area contributed by atoms with Gasteiger partial charge in [-0.2, -0.15) is 0 Å². The van der Waals surface area contributed by atoms with Gasteiger partial charge in [-0.05, 0) is 74.8 Å². The summed E-state index contributed by atoms with van der Waals surface area (Å²) in [5.41, 5.74) is 2.29. The van der Waals surface area contributed by atoms with Crippen LogP contribution in [0.15, 0.2) is 78.6 Å². The number of hydrogen-bond donors (Lipinski definition) is 1. The maximum atomic E-state index is 14.4. The summed E-state index contributed by atoms with van der Waals surface area (Å²) in [6.07, 6.45) is 9.09. The molecule has 1 saturated carbocycles. The highest BCUT2D eigenvalue weighted by Gasteiger charge is 2.30. The Balaban J connectivity index is 1.21. The SMILES string of the molecule is CN(CCCNC(=O)c1ccc(/C=C2\Oc3ccccc3N(Cc3ccccc3F)C2=O)cc1)C1CCCCC1. The van der Waals surface area contributed by atoms with Gasteiger partial charge in [-0.1, -0.05) is 61.7 Å². The second-order valence-corrected chi connectivity index (χ2v) is 10.6. The molecule has 5 rings (SSSR count). The molecule has 1 heterocycles. The van der Waals surface area contributed by atoms with Crippen LogP contribution in [0, 0.1) is 5.82 Å². The molecule has 1 fully saturated rings. The van der Waals surface area contributed by atoms with E-state index in [1.807, 2.05) is 12.1 Å². The van der Waals surface area contributed by atoms with E-state index in [2.05, 4.69) is 17.3 Å². The topological polar surface area (TPSA) is 61.9 Å². The number of ether oxygens (including phenoxy) is 1. The number of hydrogen-bond acceptors (Lipinski definition) is 4. The van der Waals surface area contributed by atoms with Gasteiger partial charge in [0.15, 0.2) is 11.5 Å². The average molecular weight is 542 g/mol. The predicted molar refractivity (Wildman–Crippen MR) is 156 cm³/mol. The summed E-state index contributed by atoms with van der Waals surface area (Å²) in [4.78, 5) is 30.0. The number of nitrogens with one attached hydrogen (secondary N) is 1. The quantitative estimate of drug-likeness (QED) is 0.260. The Morgan fingerprint density at radius 3 is 2.52 bits per heavy atom. The fourth-order valence-electron chi connectivity index (χ4n) is 5.44. The van der Waals surface area contributed by atoms with E-state index in [0.717, 1.165) is 18.5 Å². The Kier molecular flexibility index (Phi) is 8.91. The summed E-state index contributed by atoms with van der Waals surface area (Å²) >= 11 is 0. The van der Waals surface area contributed by atoms with Crippen LogP contribution in [0.4, 0.5) is 10.1 Å². The minimum atomic E-state index is -0.366. The standard InChI is InChI=1S/C33H36FN3O3/c1-36(27-11-3-2-4-12-27)21-9-20-35-32(38)25-18-16-24(17-19-25)22-31-33(39)37(23-26-10-5-6-13-28(26)34)29-14-7-8-15-30(29)40-31/h5-8,10,13-19,22,27H,2-4,9,11-12,20-21,23H2,1H3,(H,35,38)/b31-22-. The van der Waals surface area contributed by atoms with Crippen molar-refractivity contribution in [2.75, 3.05) is 25.0 Å². The molecule has 0 aromatic heterocycles. The van der Waals surface area contributed by atoms with Gasteiger partial charge in [-0.15, -0.1) is 0 Å². The van der Waals surface area contributed by atoms with Gasteiger partial charge in [-0.3, -0.25) is 14.5 Å². The summed E-state index contributed by atoms with van der Waals surface area (Å²) in [5, 5.41) is 3.01. The maximum absolute atomic E-state index is 14.4. The van der Waals surface area contributed by atoms with E-state index in [0.29, 0.717) is 35.2 Å². The van der Waals surface area contributed by atoms with Crippen molar-refractivity contribution >= 4 is 23.6 Å². The lowest BCUT2D eigenvalue weighted by atomic mass is 9.94. The molecule has 0 atom stereocenters. The van der Waals surface area contributed by atoms with Crippen molar-refractivity contribution in [3.8, 4) is 5.75 Å². The third kappa shape index (κ3) is 6.59. The summed E-state index contributed by atoms with van der Waals surface area (Å²) < 4.78 is 20.3. The van der Waals surface area contributed by atoms with Crippen LogP contribution < -0.4 is 15.0 Å². The molecule has 0 radical (unpaired) electrons. The highest BCUT2D eigenvalue weighted by molar-refractivity contribution is 6.09. The minimum Gasteiger partial charge on any atom is -0.449 e. The van der Waals surface area contributed by atoms with Crippen molar-refractivity contribution in [3.05, 3.63) is 101 Å². The lowest BCUT2D eigenvalue weighted by Crippen LogP contribution is -2.37. The van der Waals surface area contributed by atoms with E-state index in [-0.39, 0.29) is 29.9 Å². The first-order valence-corrected chi connectivity index (χ1v) is 14.1. The van der Waals surface area contributed by atoms with Crippen molar-refractivity contribution in [2.24, 2.45) is 0 Å². The van der Waals surface area contributed by atoms with E-state index in [4.69, 9.17) is 4.74 Å². The number of para-hydroxylation sites is 2. The Labute approximate surface area is 235 Å². The van der Waals surface area contributed by atoms with Gasteiger partial charge < -0.3 is 15.0 Å². The molecule has 6 nitrogen and oxygen atoms in total. The number of carbonyl (C=O) groups is 2. The van der Waals surface area contributed by atoms with Crippen molar-refractivity contribution in [3.63, 3.8) is 0 Å². The molecule has 2 aliphatic rings. The van der Waals surface area contributed by atoms with Crippen LogP contribution in [0.25, 0.3) is 6.08 Å². The molecule has 0 saturated heterocycles. The molecule has 0 spiro atoms. The van der Waals surface area contributed by atoms with Gasteiger partial charge in [-0.25, -0.2) is 4.39 Å². The van der Waals surface area contributed by atoms with Gasteiger partial charge in [0.25, 0.3) is 11.8 Å². The Morgan fingerprint density at radius 2 is 1.75 bits per heavy atom. The summed E-state index contributed by atoms with van der Waals surface area (Å²) in [6, 6.07) is 21.4. The highest BCUT2D eigenvalue weighted by Crippen LogP contribution is 2.36. The summed E-state index contributed by atoms with van der Waals surface area (Å²) in [5.74, 6) is -0.185. The zero-order valence-electron chi connectivity index (χ0n) is 22.9. The van der Waals surface area contributed by atoms with Gasteiger partial charge in [0, 0.05) is 23.7 Å². The summed E-state index contributed by atoms with van der Waals surface area (Å²) in [7, 11) is 2.18. The Bertz CT molecular complexity index is 1370. The third-order valence-corrected chi connectivity index (χ3v) is 7.76. The highest BCUT2D eigenvalue weighted by atomic mass is 19.1. The second kappa shape index (κ2) is 12.9. The van der Waals surface area contributed by atoms with Crippen LogP contribution in [0.2, 0.25) is 0 Å². The number of carbonyl (C=O) groups excluding carboxylic acids is 2. The van der Waals surface area contributed by atoms with Crippen molar-refractivity contribution in [2.45, 2.75) is 51.1 Å². The number of amides is 2. The molecule has 1 aliphatic carbocycles. The fraction of sp³-hybridized carbons (Fsp3) is 0.333. The molecular formula is C33H36FN3O3. The van der Waals surface area contributed by atoms with E-state index in [1.165, 1.54) is 43.1 Å². The Hall–Kier alpha value is -3.97. The molecule has 3 aromatic rings. The normalized spacial score (nSPS) is 16.6. The average Bonchev–Trinajstić information content (AvgIpc) is 2.99. The fourth-order valence-corrected chi connectivity index (χ4v) is 5.44. The molecule has 1 N–H and O–H groups in total. The lowest BCUT2D eigenvalue weighted by Gasteiger charge is -2.31. The zero-order chi connectivity index (χ0) is 27.9. The summed E-state index contributed by atoms with van der Waals surface area (Å²) in [6.45, 7) is 1.68. The van der Waals surface area contributed by atoms with E-state index in [1.54, 1.807) is 60.7 Å². The van der Waals surface area contributed by atoms with Crippen molar-refractivity contribution in [1.82, 2.24) is 10.2 Å². The van der Waals surface area contributed by atoms with Crippen molar-refractivity contribution < 1.29 is 18.7 Å². The predicted octanol–water partition coefficient (Wildman–Crippen LogP) is 6.18. The van der Waals surface area contributed by atoms with Gasteiger partial charge in [0.2, 0.25) is 0 Å². The van der Waals surface area contributed by atoms with Crippen LogP contribution in [0.1, 0.15) is 60.0 Å². The molecule has 0 unspecified atom stereocenters. The van der Waals surface area contributed by atoms with E-state index < -0.39 is 0 Å². The van der Waals surface area contributed by atoms with Crippen LogP contribution in [0.5, 0.6) is 5.75 Å². The number of anilines is 1. The first-order chi connectivity index (χ1) is 19.5. The molecule has 7 heteroatoms. The minimum absolute atomic E-state index is 0.0821. The van der Waals surface area contributed by atoms with Gasteiger partial charge in [0.1, 0.15) is 5.82 Å². The zero-order valence-corrected chi connectivity index (χ0v) is 22.9. The number of halogens is 1. The number of rotatable bonds is 9. The largest absolute Gasteiger partial charge is 0.449 e. The smallest absolute Gasteiger partial charge is 0.294 e. The first kappa shape index (κ1) is 27.6. The van der Waals surface area contributed by atoms with Gasteiger partial charge >= 0.3 is 0 Å². The molecule has 1 aliphatic heterocycles. The molecule has 2 amide bonds. The first-order valence-electron chi connectivity index (χ1n) is 14.1. The maximum Gasteiger partial charge on any atom is 0.294 e. The van der Waals surface area contributed by atoms with Crippen LogP contribution in [0.3, 0.4) is 0 Å². The lowest BCUT2D eigenvalue weighted by molar-refractivity contribution is -0.117. The third-order valence-electron chi connectivity index (χ3n) is 7.76. The van der Waals surface area contributed by atoms with Crippen molar-refractivity contribution in [1.29, 1.82) is 0 Å². The number of fused-ring (bicyclic) bond motifs is 1.